The summed E-state index contributed by atoms with van der Waals surface area (Å²) in [6.45, 7) is 5.09. The second kappa shape index (κ2) is 9.33. The van der Waals surface area contributed by atoms with Gasteiger partial charge in [-0.25, -0.2) is 4.79 Å². The van der Waals surface area contributed by atoms with Crippen LogP contribution >= 0.6 is 0 Å². The molecule has 172 valence electrons. The highest BCUT2D eigenvalue weighted by Crippen LogP contribution is 2.42. The molecule has 3 heterocycles. The zero-order valence-electron chi connectivity index (χ0n) is 18.6. The largest absolute Gasteiger partial charge is 0.379 e. The Morgan fingerprint density at radius 1 is 0.879 bits per heavy atom. The number of ether oxygens (including phenoxy) is 1. The fourth-order valence-corrected chi connectivity index (χ4v) is 5.03. The highest BCUT2D eigenvalue weighted by molar-refractivity contribution is 6.30. The number of hydrogen-bond acceptors (Lipinski definition) is 6. The number of barbiturate groups is 1. The van der Waals surface area contributed by atoms with Crippen molar-refractivity contribution in [2.75, 3.05) is 39.4 Å². The number of imide groups is 2. The topological polar surface area (TPSA) is 91.0 Å². The molecule has 33 heavy (non-hydrogen) atoms. The number of nitrogens with one attached hydrogen (secondary N) is 2. The molecular weight excluding hydrogens is 420 g/mol. The van der Waals surface area contributed by atoms with Crippen molar-refractivity contribution < 1.29 is 19.1 Å². The van der Waals surface area contributed by atoms with Gasteiger partial charge in [-0.1, -0.05) is 30.3 Å². The summed E-state index contributed by atoms with van der Waals surface area (Å²) in [4.78, 5) is 41.8. The summed E-state index contributed by atoms with van der Waals surface area (Å²) in [6, 6.07) is 9.29. The fourth-order valence-electron chi connectivity index (χ4n) is 5.03. The van der Waals surface area contributed by atoms with Crippen LogP contribution in [-0.4, -0.2) is 67.0 Å². The molecule has 3 aliphatic heterocycles. The summed E-state index contributed by atoms with van der Waals surface area (Å²) in [5, 5.41) is 4.47. The minimum absolute atomic E-state index is 0.0188. The number of nitrogens with zero attached hydrogens (tertiary/aromatic N) is 2. The molecular formula is C25H28N4O4. The minimum Gasteiger partial charge on any atom is -0.379 e. The molecule has 4 amide bonds. The molecule has 0 aromatic heterocycles. The molecule has 0 saturated carbocycles. The molecule has 8 nitrogen and oxygen atoms in total. The second-order valence-corrected chi connectivity index (χ2v) is 8.66. The molecule has 2 saturated heterocycles. The van der Waals surface area contributed by atoms with Crippen molar-refractivity contribution in [1.82, 2.24) is 20.4 Å². The Morgan fingerprint density at radius 2 is 1.58 bits per heavy atom. The first-order valence-corrected chi connectivity index (χ1v) is 11.6. The molecule has 0 unspecified atom stereocenters. The predicted octanol–water partition coefficient (Wildman–Crippen LogP) is 2.17. The van der Waals surface area contributed by atoms with Crippen molar-refractivity contribution in [3.8, 4) is 0 Å². The minimum atomic E-state index is -0.776. The van der Waals surface area contributed by atoms with E-state index in [1.165, 1.54) is 5.70 Å². The SMILES string of the molecule is O=C1NC(=O)C(=C2C=C(c3ccccc3)N(CCN3CCOCC3)C3=C2CCCC3)C(=O)N1. The maximum Gasteiger partial charge on any atom is 0.328 e. The van der Waals surface area contributed by atoms with Gasteiger partial charge in [-0.2, -0.15) is 0 Å². The number of benzene rings is 1. The monoisotopic (exact) mass is 448 g/mol. The van der Waals surface area contributed by atoms with Crippen LogP contribution in [0.4, 0.5) is 4.79 Å². The van der Waals surface area contributed by atoms with Gasteiger partial charge in [0.2, 0.25) is 0 Å². The molecule has 0 atom stereocenters. The zero-order chi connectivity index (χ0) is 22.8. The molecule has 8 heteroatoms. The van der Waals surface area contributed by atoms with Crippen LogP contribution in [0.15, 0.2) is 58.8 Å². The van der Waals surface area contributed by atoms with Crippen molar-refractivity contribution >= 4 is 23.5 Å². The average Bonchev–Trinajstić information content (AvgIpc) is 2.83. The Morgan fingerprint density at radius 3 is 2.30 bits per heavy atom. The Balaban J connectivity index is 1.59. The summed E-state index contributed by atoms with van der Waals surface area (Å²) in [5.74, 6) is -1.27. The third-order valence-corrected chi connectivity index (χ3v) is 6.65. The van der Waals surface area contributed by atoms with Crippen LogP contribution in [0.3, 0.4) is 0 Å². The predicted molar refractivity (Wildman–Crippen MR) is 123 cm³/mol. The van der Waals surface area contributed by atoms with Crippen molar-refractivity contribution in [3.63, 3.8) is 0 Å². The van der Waals surface area contributed by atoms with Crippen molar-refractivity contribution in [2.24, 2.45) is 0 Å². The summed E-state index contributed by atoms with van der Waals surface area (Å²) >= 11 is 0. The fraction of sp³-hybridized carbons (Fsp3) is 0.400. The third-order valence-electron chi connectivity index (χ3n) is 6.65. The van der Waals surface area contributed by atoms with Gasteiger partial charge < -0.3 is 9.64 Å². The van der Waals surface area contributed by atoms with Gasteiger partial charge in [0.15, 0.2) is 0 Å². The smallest absolute Gasteiger partial charge is 0.328 e. The molecule has 5 rings (SSSR count). The first-order valence-electron chi connectivity index (χ1n) is 11.6. The Hall–Kier alpha value is -3.23. The molecule has 0 bridgehead atoms. The molecule has 1 aromatic carbocycles. The van der Waals surface area contributed by atoms with Crippen LogP contribution in [0.25, 0.3) is 5.70 Å². The van der Waals surface area contributed by atoms with Gasteiger partial charge in [0, 0.05) is 37.6 Å². The van der Waals surface area contributed by atoms with Crippen LogP contribution in [0, 0.1) is 0 Å². The first kappa shape index (κ1) is 21.6. The van der Waals surface area contributed by atoms with Crippen LogP contribution < -0.4 is 10.6 Å². The lowest BCUT2D eigenvalue weighted by atomic mass is 9.83. The molecule has 2 fully saturated rings. The van der Waals surface area contributed by atoms with Crippen molar-refractivity contribution in [1.29, 1.82) is 0 Å². The lowest BCUT2D eigenvalue weighted by Gasteiger charge is -2.40. The number of hydrogen-bond donors (Lipinski definition) is 2. The lowest BCUT2D eigenvalue weighted by molar-refractivity contribution is -0.124. The number of amides is 4. The van der Waals surface area contributed by atoms with E-state index in [0.717, 1.165) is 81.9 Å². The van der Waals surface area contributed by atoms with E-state index in [-0.39, 0.29) is 5.57 Å². The van der Waals surface area contributed by atoms with E-state index in [9.17, 15) is 14.4 Å². The number of carbonyl (C=O) groups excluding carboxylic acids is 3. The van der Waals surface area contributed by atoms with Crippen LogP contribution in [0.2, 0.25) is 0 Å². The van der Waals surface area contributed by atoms with Gasteiger partial charge in [-0.05, 0) is 48.5 Å². The molecule has 1 aliphatic carbocycles. The van der Waals surface area contributed by atoms with Crippen molar-refractivity contribution in [2.45, 2.75) is 25.7 Å². The number of carbonyl (C=O) groups is 3. The summed E-state index contributed by atoms with van der Waals surface area (Å²) in [7, 11) is 0. The number of allylic oxidation sites excluding steroid dienone is 4. The standard InChI is InChI=1S/C25H28N4O4/c30-23-22(24(31)27-25(32)26-23)19-16-21(17-6-2-1-3-7-17)29(20-9-5-4-8-18(19)20)11-10-28-12-14-33-15-13-28/h1-3,6-7,16H,4-5,8-15H2,(H2,26,27,30,31,32). The number of rotatable bonds is 4. The quantitative estimate of drug-likeness (QED) is 0.542. The Bertz CT molecular complexity index is 1050. The van der Waals surface area contributed by atoms with E-state index in [2.05, 4.69) is 32.6 Å². The summed E-state index contributed by atoms with van der Waals surface area (Å²) in [6.07, 6.45) is 5.72. The summed E-state index contributed by atoms with van der Waals surface area (Å²) < 4.78 is 5.50. The van der Waals surface area contributed by atoms with Gasteiger partial charge in [-0.3, -0.25) is 25.1 Å². The van der Waals surface area contributed by atoms with Gasteiger partial charge in [0.25, 0.3) is 11.8 Å². The zero-order valence-corrected chi connectivity index (χ0v) is 18.6. The third kappa shape index (κ3) is 4.36. The molecule has 1 aromatic rings. The van der Waals surface area contributed by atoms with Crippen molar-refractivity contribution in [3.05, 3.63) is 64.4 Å². The summed E-state index contributed by atoms with van der Waals surface area (Å²) in [5.41, 5.74) is 4.87. The number of urea groups is 1. The Kier molecular flexibility index (Phi) is 6.11. The highest BCUT2D eigenvalue weighted by atomic mass is 16.5. The van der Waals surface area contributed by atoms with E-state index < -0.39 is 17.8 Å². The van der Waals surface area contributed by atoms with E-state index in [1.54, 1.807) is 0 Å². The van der Waals surface area contributed by atoms with Crippen LogP contribution in [-0.2, 0) is 14.3 Å². The van der Waals surface area contributed by atoms with E-state index in [1.807, 2.05) is 24.3 Å². The first-order chi connectivity index (χ1) is 16.1. The second-order valence-electron chi connectivity index (χ2n) is 8.66. The van der Waals surface area contributed by atoms with E-state index >= 15 is 0 Å². The van der Waals surface area contributed by atoms with E-state index in [4.69, 9.17) is 4.74 Å². The molecule has 4 aliphatic rings. The van der Waals surface area contributed by atoms with Gasteiger partial charge in [-0.15, -0.1) is 0 Å². The molecule has 0 spiro atoms. The maximum absolute atomic E-state index is 12.7. The van der Waals surface area contributed by atoms with E-state index in [0.29, 0.717) is 5.57 Å². The average molecular weight is 449 g/mol. The Labute approximate surface area is 192 Å². The van der Waals surface area contributed by atoms with Gasteiger partial charge >= 0.3 is 6.03 Å². The maximum atomic E-state index is 12.7. The van der Waals surface area contributed by atoms with Crippen LogP contribution in [0.5, 0.6) is 0 Å². The molecule has 2 N–H and O–H groups in total. The van der Waals surface area contributed by atoms with Crippen LogP contribution in [0.1, 0.15) is 31.2 Å². The number of morpholine rings is 1. The highest BCUT2D eigenvalue weighted by Gasteiger charge is 2.36. The molecule has 0 radical (unpaired) electrons. The normalized spacial score (nSPS) is 22.1. The van der Waals surface area contributed by atoms with Gasteiger partial charge in [0.05, 0.1) is 13.2 Å². The lowest BCUT2D eigenvalue weighted by Crippen LogP contribution is -2.52. The van der Waals surface area contributed by atoms with Gasteiger partial charge in [0.1, 0.15) is 5.57 Å².